The van der Waals surface area contributed by atoms with Crippen LogP contribution in [0.25, 0.3) is 11.1 Å². The van der Waals surface area contributed by atoms with E-state index in [2.05, 4.69) is 23.7 Å². The van der Waals surface area contributed by atoms with Gasteiger partial charge in [-0.3, -0.25) is 9.78 Å². The van der Waals surface area contributed by atoms with Crippen LogP contribution in [0.4, 0.5) is 14.5 Å². The number of aliphatic carboxylic acids is 1. The molecule has 1 fully saturated rings. The molecular formula is C22H26F2N2O2. The number of carboxylic acids is 1. The van der Waals surface area contributed by atoms with Gasteiger partial charge in [0.05, 0.1) is 12.1 Å². The van der Waals surface area contributed by atoms with Crippen molar-refractivity contribution in [3.8, 4) is 11.1 Å². The molecule has 2 heterocycles. The molecule has 0 unspecified atom stereocenters. The average Bonchev–Trinajstić information content (AvgIpc) is 2.60. The lowest BCUT2D eigenvalue weighted by Gasteiger charge is -2.40. The van der Waals surface area contributed by atoms with E-state index in [-0.39, 0.29) is 17.4 Å². The van der Waals surface area contributed by atoms with E-state index in [9.17, 15) is 18.7 Å². The molecule has 150 valence electrons. The first-order valence-electron chi connectivity index (χ1n) is 9.50. The molecular weight excluding hydrogens is 362 g/mol. The molecule has 2 aromatic rings. The SMILES string of the molecule is Cc1cc(F)c(F)c(-c2cnc(C)c(CC(=O)O)c2N2CCC(C)(C)CC2)c1. The zero-order valence-electron chi connectivity index (χ0n) is 16.8. The lowest BCUT2D eigenvalue weighted by atomic mass is 9.82. The van der Waals surface area contributed by atoms with E-state index in [0.29, 0.717) is 28.1 Å². The van der Waals surface area contributed by atoms with Crippen LogP contribution in [-0.4, -0.2) is 29.1 Å². The molecule has 0 atom stereocenters. The number of carbonyl (C=O) groups is 1. The highest BCUT2D eigenvalue weighted by atomic mass is 19.2. The number of anilines is 1. The van der Waals surface area contributed by atoms with Gasteiger partial charge in [0.25, 0.3) is 0 Å². The molecule has 0 saturated carbocycles. The van der Waals surface area contributed by atoms with Crippen LogP contribution >= 0.6 is 0 Å². The normalized spacial score (nSPS) is 16.3. The largest absolute Gasteiger partial charge is 0.481 e. The van der Waals surface area contributed by atoms with Gasteiger partial charge < -0.3 is 10.0 Å². The summed E-state index contributed by atoms with van der Waals surface area (Å²) >= 11 is 0. The summed E-state index contributed by atoms with van der Waals surface area (Å²) in [4.78, 5) is 17.9. The molecule has 1 aromatic heterocycles. The fraction of sp³-hybridized carbons (Fsp3) is 0.455. The van der Waals surface area contributed by atoms with Gasteiger partial charge in [0.2, 0.25) is 0 Å². The highest BCUT2D eigenvalue weighted by Gasteiger charge is 2.30. The number of aromatic nitrogens is 1. The fourth-order valence-electron chi connectivity index (χ4n) is 3.81. The van der Waals surface area contributed by atoms with Gasteiger partial charge in [-0.15, -0.1) is 0 Å². The molecule has 1 aliphatic rings. The smallest absolute Gasteiger partial charge is 0.307 e. The van der Waals surface area contributed by atoms with Crippen LogP contribution in [0.2, 0.25) is 0 Å². The maximum atomic E-state index is 14.7. The van der Waals surface area contributed by atoms with Crippen LogP contribution in [0.1, 0.15) is 43.5 Å². The van der Waals surface area contributed by atoms with Crippen molar-refractivity contribution >= 4 is 11.7 Å². The second-order valence-corrected chi connectivity index (χ2v) is 8.41. The number of pyridine rings is 1. The van der Waals surface area contributed by atoms with E-state index in [4.69, 9.17) is 0 Å². The Balaban J connectivity index is 2.22. The van der Waals surface area contributed by atoms with E-state index in [1.165, 1.54) is 6.20 Å². The van der Waals surface area contributed by atoms with Crippen LogP contribution in [-0.2, 0) is 11.2 Å². The highest BCUT2D eigenvalue weighted by molar-refractivity contribution is 5.85. The zero-order valence-corrected chi connectivity index (χ0v) is 16.8. The Morgan fingerprint density at radius 2 is 1.82 bits per heavy atom. The number of halogens is 2. The first-order valence-corrected chi connectivity index (χ1v) is 9.50. The Morgan fingerprint density at radius 1 is 1.18 bits per heavy atom. The number of benzene rings is 1. The lowest BCUT2D eigenvalue weighted by Crippen LogP contribution is -2.38. The maximum absolute atomic E-state index is 14.7. The van der Waals surface area contributed by atoms with Gasteiger partial charge in [0.1, 0.15) is 0 Å². The number of aryl methyl sites for hydroxylation is 2. The molecule has 6 heteroatoms. The fourth-order valence-corrected chi connectivity index (χ4v) is 3.81. The minimum absolute atomic E-state index is 0.122. The third-order valence-corrected chi connectivity index (χ3v) is 5.59. The van der Waals surface area contributed by atoms with E-state index >= 15 is 0 Å². The predicted molar refractivity (Wildman–Crippen MR) is 106 cm³/mol. The van der Waals surface area contributed by atoms with Gasteiger partial charge in [-0.1, -0.05) is 13.8 Å². The molecule has 1 aromatic carbocycles. The Bertz CT molecular complexity index is 915. The molecule has 4 nitrogen and oxygen atoms in total. The van der Waals surface area contributed by atoms with Crippen LogP contribution in [0, 0.1) is 30.9 Å². The van der Waals surface area contributed by atoms with E-state index in [0.717, 1.165) is 32.0 Å². The predicted octanol–water partition coefficient (Wildman–Crippen LogP) is 4.90. The zero-order chi connectivity index (χ0) is 20.6. The highest BCUT2D eigenvalue weighted by Crippen LogP contribution is 2.41. The van der Waals surface area contributed by atoms with Gasteiger partial charge in [-0.2, -0.15) is 0 Å². The van der Waals surface area contributed by atoms with Gasteiger partial charge in [0, 0.05) is 41.7 Å². The summed E-state index contributed by atoms with van der Waals surface area (Å²) in [5.74, 6) is -2.83. The number of hydrogen-bond donors (Lipinski definition) is 1. The van der Waals surface area contributed by atoms with Gasteiger partial charge >= 0.3 is 5.97 Å². The van der Waals surface area contributed by atoms with E-state index in [1.807, 2.05) is 0 Å². The van der Waals surface area contributed by atoms with Gasteiger partial charge in [-0.25, -0.2) is 8.78 Å². The van der Waals surface area contributed by atoms with Crippen molar-refractivity contribution in [2.45, 2.75) is 47.0 Å². The second-order valence-electron chi connectivity index (χ2n) is 8.41. The topological polar surface area (TPSA) is 53.4 Å². The van der Waals surface area contributed by atoms with Gasteiger partial charge in [0.15, 0.2) is 11.6 Å². The van der Waals surface area contributed by atoms with Crippen LogP contribution < -0.4 is 4.90 Å². The Kier molecular flexibility index (Phi) is 5.41. The number of nitrogens with zero attached hydrogens (tertiary/aromatic N) is 2. The molecule has 1 saturated heterocycles. The molecule has 3 rings (SSSR count). The van der Waals surface area contributed by atoms with Crippen LogP contribution in [0.5, 0.6) is 0 Å². The third kappa shape index (κ3) is 4.01. The summed E-state index contributed by atoms with van der Waals surface area (Å²) in [7, 11) is 0. The molecule has 0 spiro atoms. The van der Waals surface area contributed by atoms with Crippen molar-refractivity contribution in [1.82, 2.24) is 4.98 Å². The molecule has 0 amide bonds. The first-order chi connectivity index (χ1) is 13.1. The third-order valence-electron chi connectivity index (χ3n) is 5.59. The van der Waals surface area contributed by atoms with Crippen molar-refractivity contribution in [2.24, 2.45) is 5.41 Å². The summed E-state index contributed by atoms with van der Waals surface area (Å²) < 4.78 is 28.8. The lowest BCUT2D eigenvalue weighted by molar-refractivity contribution is -0.136. The summed E-state index contributed by atoms with van der Waals surface area (Å²) in [6.07, 6.45) is 3.20. The van der Waals surface area contributed by atoms with Crippen molar-refractivity contribution in [2.75, 3.05) is 18.0 Å². The van der Waals surface area contributed by atoms with Crippen molar-refractivity contribution in [3.05, 3.63) is 46.8 Å². The standard InChI is InChI=1S/C22H26F2N2O2/c1-13-9-16(20(24)18(23)10-13)17-12-25-14(2)15(11-19(27)28)21(17)26-7-5-22(3,4)6-8-26/h9-10,12H,5-8,11H2,1-4H3,(H,27,28). The van der Waals surface area contributed by atoms with E-state index < -0.39 is 17.6 Å². The van der Waals surface area contributed by atoms with Crippen molar-refractivity contribution in [3.63, 3.8) is 0 Å². The quantitative estimate of drug-likeness (QED) is 0.810. The van der Waals surface area contributed by atoms with E-state index in [1.54, 1.807) is 19.9 Å². The Labute approximate surface area is 164 Å². The molecule has 1 aliphatic heterocycles. The monoisotopic (exact) mass is 388 g/mol. The molecule has 0 aliphatic carbocycles. The Morgan fingerprint density at radius 3 is 2.43 bits per heavy atom. The summed E-state index contributed by atoms with van der Waals surface area (Å²) in [5, 5.41) is 9.42. The number of carboxylic acid groups (broad SMARTS) is 1. The van der Waals surface area contributed by atoms with Crippen LogP contribution in [0.15, 0.2) is 18.3 Å². The summed E-state index contributed by atoms with van der Waals surface area (Å²) in [6, 6.07) is 2.74. The number of hydrogen-bond acceptors (Lipinski definition) is 3. The number of piperidine rings is 1. The summed E-state index contributed by atoms with van der Waals surface area (Å²) in [5.41, 5.74) is 3.19. The Hall–Kier alpha value is -2.50. The molecule has 1 N–H and O–H groups in total. The van der Waals surface area contributed by atoms with Crippen molar-refractivity contribution in [1.29, 1.82) is 0 Å². The average molecular weight is 388 g/mol. The second kappa shape index (κ2) is 7.49. The summed E-state index contributed by atoms with van der Waals surface area (Å²) in [6.45, 7) is 9.33. The van der Waals surface area contributed by atoms with Crippen LogP contribution in [0.3, 0.4) is 0 Å². The minimum atomic E-state index is -0.975. The molecule has 0 bridgehead atoms. The molecule has 28 heavy (non-hydrogen) atoms. The first kappa shape index (κ1) is 20.2. The molecule has 0 radical (unpaired) electrons. The minimum Gasteiger partial charge on any atom is -0.481 e. The number of rotatable bonds is 4. The maximum Gasteiger partial charge on any atom is 0.307 e. The van der Waals surface area contributed by atoms with Crippen molar-refractivity contribution < 1.29 is 18.7 Å². The van der Waals surface area contributed by atoms with Gasteiger partial charge in [-0.05, 0) is 49.8 Å².